The van der Waals surface area contributed by atoms with Gasteiger partial charge in [0.05, 0.1) is 6.61 Å². The number of hydrogen-bond donors (Lipinski definition) is 1. The fourth-order valence-electron chi connectivity index (χ4n) is 2.52. The number of fused-ring (bicyclic) bond motifs is 1. The largest absolute Gasteiger partial charge is 0.494 e. The summed E-state index contributed by atoms with van der Waals surface area (Å²) in [4.78, 5) is 0. The van der Waals surface area contributed by atoms with Crippen LogP contribution in [0.15, 0.2) is 18.2 Å². The van der Waals surface area contributed by atoms with Crippen molar-refractivity contribution in [3.63, 3.8) is 0 Å². The molecule has 2 rings (SSSR count). The standard InChI is InChI=1S/C14H21NOS/c1-5-16-12-8-6-7-10-11(12)9-17-14(2,3)13(10)15-4/h6-8,13,15H,5,9H2,1-4H3. The molecule has 1 atom stereocenters. The van der Waals surface area contributed by atoms with Gasteiger partial charge >= 0.3 is 0 Å². The number of thioether (sulfide) groups is 1. The van der Waals surface area contributed by atoms with Crippen LogP contribution in [0.4, 0.5) is 0 Å². The van der Waals surface area contributed by atoms with E-state index < -0.39 is 0 Å². The summed E-state index contributed by atoms with van der Waals surface area (Å²) in [5, 5.41) is 3.44. The summed E-state index contributed by atoms with van der Waals surface area (Å²) in [7, 11) is 2.04. The zero-order chi connectivity index (χ0) is 12.5. The molecule has 1 aliphatic heterocycles. The average molecular weight is 251 g/mol. The third kappa shape index (κ3) is 2.31. The Bertz CT molecular complexity index is 403. The van der Waals surface area contributed by atoms with E-state index in [1.807, 2.05) is 25.7 Å². The van der Waals surface area contributed by atoms with E-state index in [1.165, 1.54) is 11.1 Å². The number of rotatable bonds is 3. The molecule has 1 aromatic carbocycles. The first-order valence-electron chi connectivity index (χ1n) is 6.16. The summed E-state index contributed by atoms with van der Waals surface area (Å²) in [5.74, 6) is 2.09. The molecule has 1 aromatic rings. The van der Waals surface area contributed by atoms with Crippen LogP contribution in [0.25, 0.3) is 0 Å². The topological polar surface area (TPSA) is 21.3 Å². The van der Waals surface area contributed by atoms with Crippen molar-refractivity contribution in [1.29, 1.82) is 0 Å². The molecule has 2 nitrogen and oxygen atoms in total. The van der Waals surface area contributed by atoms with Gasteiger partial charge in [0.25, 0.3) is 0 Å². The van der Waals surface area contributed by atoms with Crippen molar-refractivity contribution < 1.29 is 4.74 Å². The SMILES string of the molecule is CCOc1cccc2c1CSC(C)(C)C2NC. The maximum absolute atomic E-state index is 5.72. The van der Waals surface area contributed by atoms with E-state index in [2.05, 4.69) is 37.4 Å². The predicted molar refractivity (Wildman–Crippen MR) is 74.8 cm³/mol. The molecule has 0 radical (unpaired) electrons. The Morgan fingerprint density at radius 3 is 2.88 bits per heavy atom. The molecule has 0 spiro atoms. The van der Waals surface area contributed by atoms with Crippen molar-refractivity contribution in [1.82, 2.24) is 5.32 Å². The fraction of sp³-hybridized carbons (Fsp3) is 0.571. The van der Waals surface area contributed by atoms with Crippen LogP contribution in [0.1, 0.15) is 37.9 Å². The van der Waals surface area contributed by atoms with Crippen molar-refractivity contribution in [2.45, 2.75) is 37.3 Å². The summed E-state index contributed by atoms with van der Waals surface area (Å²) >= 11 is 1.99. The lowest BCUT2D eigenvalue weighted by molar-refractivity contribution is 0.335. The molecule has 0 amide bonds. The lowest BCUT2D eigenvalue weighted by Crippen LogP contribution is -2.38. The zero-order valence-corrected chi connectivity index (χ0v) is 11.9. The van der Waals surface area contributed by atoms with Gasteiger partial charge in [0, 0.05) is 22.1 Å². The van der Waals surface area contributed by atoms with Crippen molar-refractivity contribution in [2.24, 2.45) is 0 Å². The van der Waals surface area contributed by atoms with Crippen LogP contribution in [0, 0.1) is 0 Å². The minimum Gasteiger partial charge on any atom is -0.494 e. The van der Waals surface area contributed by atoms with Crippen LogP contribution in [0.5, 0.6) is 5.75 Å². The highest BCUT2D eigenvalue weighted by molar-refractivity contribution is 8.00. The molecule has 0 aromatic heterocycles. The predicted octanol–water partition coefficient (Wildman–Crippen LogP) is 3.37. The van der Waals surface area contributed by atoms with E-state index in [0.29, 0.717) is 6.04 Å². The van der Waals surface area contributed by atoms with Gasteiger partial charge in [0.15, 0.2) is 0 Å². The average Bonchev–Trinajstić information content (AvgIpc) is 2.28. The van der Waals surface area contributed by atoms with E-state index in [1.54, 1.807) is 0 Å². The van der Waals surface area contributed by atoms with E-state index >= 15 is 0 Å². The lowest BCUT2D eigenvalue weighted by atomic mass is 9.91. The highest BCUT2D eigenvalue weighted by atomic mass is 32.2. The third-order valence-electron chi connectivity index (χ3n) is 3.35. The van der Waals surface area contributed by atoms with Gasteiger partial charge in [0.1, 0.15) is 5.75 Å². The Morgan fingerprint density at radius 2 is 2.24 bits per heavy atom. The van der Waals surface area contributed by atoms with E-state index in [-0.39, 0.29) is 4.75 Å². The summed E-state index contributed by atoms with van der Waals surface area (Å²) < 4.78 is 5.95. The van der Waals surface area contributed by atoms with E-state index in [0.717, 1.165) is 18.1 Å². The van der Waals surface area contributed by atoms with Gasteiger partial charge in [-0.1, -0.05) is 12.1 Å². The molecule has 1 N–H and O–H groups in total. The van der Waals surface area contributed by atoms with Crippen molar-refractivity contribution in [3.05, 3.63) is 29.3 Å². The zero-order valence-electron chi connectivity index (χ0n) is 11.0. The Labute approximate surface area is 108 Å². The molecule has 1 aliphatic rings. The molecular formula is C14H21NOS. The quantitative estimate of drug-likeness (QED) is 0.890. The van der Waals surface area contributed by atoms with Gasteiger partial charge in [-0.15, -0.1) is 11.8 Å². The summed E-state index contributed by atoms with van der Waals surface area (Å²) in [6, 6.07) is 6.78. The van der Waals surface area contributed by atoms with Gasteiger partial charge in [-0.05, 0) is 39.4 Å². The summed E-state index contributed by atoms with van der Waals surface area (Å²) in [6.07, 6.45) is 0. The molecule has 0 saturated heterocycles. The van der Waals surface area contributed by atoms with Gasteiger partial charge in [-0.2, -0.15) is 0 Å². The number of ether oxygens (including phenoxy) is 1. The Balaban J connectivity index is 2.45. The summed E-state index contributed by atoms with van der Waals surface area (Å²) in [6.45, 7) is 7.37. The Hall–Kier alpha value is -0.670. The molecule has 0 aliphatic carbocycles. The maximum Gasteiger partial charge on any atom is 0.123 e. The van der Waals surface area contributed by atoms with Crippen LogP contribution < -0.4 is 10.1 Å². The van der Waals surface area contributed by atoms with Gasteiger partial charge in [-0.3, -0.25) is 0 Å². The van der Waals surface area contributed by atoms with Crippen LogP contribution >= 0.6 is 11.8 Å². The molecule has 0 bridgehead atoms. The molecule has 0 fully saturated rings. The molecule has 94 valence electrons. The Morgan fingerprint density at radius 1 is 1.47 bits per heavy atom. The first-order chi connectivity index (χ1) is 8.10. The highest BCUT2D eigenvalue weighted by Gasteiger charge is 2.36. The van der Waals surface area contributed by atoms with Crippen molar-refractivity contribution in [2.75, 3.05) is 13.7 Å². The maximum atomic E-state index is 5.72. The van der Waals surface area contributed by atoms with E-state index in [4.69, 9.17) is 4.74 Å². The molecular weight excluding hydrogens is 230 g/mol. The molecule has 1 heterocycles. The monoisotopic (exact) mass is 251 g/mol. The van der Waals surface area contributed by atoms with Gasteiger partial charge in [0.2, 0.25) is 0 Å². The molecule has 17 heavy (non-hydrogen) atoms. The van der Waals surface area contributed by atoms with Gasteiger partial charge in [-0.25, -0.2) is 0 Å². The van der Waals surface area contributed by atoms with Crippen molar-refractivity contribution >= 4 is 11.8 Å². The molecule has 3 heteroatoms. The first kappa shape index (κ1) is 12.8. The number of benzene rings is 1. The van der Waals surface area contributed by atoms with Crippen LogP contribution in [-0.4, -0.2) is 18.4 Å². The lowest BCUT2D eigenvalue weighted by Gasteiger charge is -2.39. The number of hydrogen-bond acceptors (Lipinski definition) is 3. The molecule has 1 unspecified atom stereocenters. The highest BCUT2D eigenvalue weighted by Crippen LogP contribution is 2.47. The fourth-order valence-corrected chi connectivity index (χ4v) is 3.75. The molecule has 0 saturated carbocycles. The second-order valence-electron chi connectivity index (χ2n) is 4.87. The second kappa shape index (κ2) is 4.91. The second-order valence-corrected chi connectivity index (χ2v) is 6.50. The van der Waals surface area contributed by atoms with Crippen molar-refractivity contribution in [3.8, 4) is 5.75 Å². The van der Waals surface area contributed by atoms with E-state index in [9.17, 15) is 0 Å². The minimum absolute atomic E-state index is 0.229. The first-order valence-corrected chi connectivity index (χ1v) is 7.14. The normalized spacial score (nSPS) is 22.0. The van der Waals surface area contributed by atoms with Crippen LogP contribution in [0.2, 0.25) is 0 Å². The minimum atomic E-state index is 0.229. The smallest absolute Gasteiger partial charge is 0.123 e. The summed E-state index contributed by atoms with van der Waals surface area (Å²) in [5.41, 5.74) is 2.75. The Kier molecular flexibility index (Phi) is 3.69. The van der Waals surface area contributed by atoms with Crippen LogP contribution in [-0.2, 0) is 5.75 Å². The van der Waals surface area contributed by atoms with Crippen LogP contribution in [0.3, 0.4) is 0 Å². The van der Waals surface area contributed by atoms with Gasteiger partial charge < -0.3 is 10.1 Å². The number of nitrogens with one attached hydrogen (secondary N) is 1. The third-order valence-corrected chi connectivity index (χ3v) is 4.77.